The van der Waals surface area contributed by atoms with Gasteiger partial charge < -0.3 is 10.1 Å². The highest BCUT2D eigenvalue weighted by Gasteiger charge is 2.18. The molecule has 2 aromatic heterocycles. The number of hydrogen-bond donors (Lipinski definition) is 1. The van der Waals surface area contributed by atoms with E-state index in [0.29, 0.717) is 41.5 Å². The number of rotatable bonds is 5. The molecule has 1 aliphatic rings. The summed E-state index contributed by atoms with van der Waals surface area (Å²) in [4.78, 5) is 25.0. The molecule has 1 N–H and O–H groups in total. The number of ether oxygens (including phenoxy) is 1. The van der Waals surface area contributed by atoms with E-state index in [1.807, 2.05) is 12.1 Å². The minimum absolute atomic E-state index is 0.0987. The van der Waals surface area contributed by atoms with E-state index in [0.717, 1.165) is 30.5 Å². The van der Waals surface area contributed by atoms with Crippen molar-refractivity contribution in [1.82, 2.24) is 15.0 Å². The summed E-state index contributed by atoms with van der Waals surface area (Å²) < 4.78 is 5.82. The molecule has 7 heteroatoms. The Morgan fingerprint density at radius 3 is 2.90 bits per heavy atom. The van der Waals surface area contributed by atoms with Gasteiger partial charge in [0.1, 0.15) is 12.4 Å². The molecule has 0 amide bonds. The normalized spacial score (nSPS) is 13.1. The highest BCUT2D eigenvalue weighted by atomic mass is 16.5. The number of aryl methyl sites for hydroxylation is 1. The molecular formula is C22H19N5O2. The second kappa shape index (κ2) is 8.48. The van der Waals surface area contributed by atoms with Crippen molar-refractivity contribution in [3.63, 3.8) is 0 Å². The van der Waals surface area contributed by atoms with Crippen LogP contribution < -0.4 is 10.1 Å². The Morgan fingerprint density at radius 1 is 1.17 bits per heavy atom. The van der Waals surface area contributed by atoms with Crippen molar-refractivity contribution in [3.05, 3.63) is 71.3 Å². The smallest absolute Gasteiger partial charge is 0.227 e. The van der Waals surface area contributed by atoms with Gasteiger partial charge in [-0.25, -0.2) is 9.97 Å². The SMILES string of the molecule is N#Cc1cc(Nc2ncc3c(n2)CCCCC3=O)cc(OCc2cccnc2)c1. The van der Waals surface area contributed by atoms with Gasteiger partial charge in [0.25, 0.3) is 0 Å². The third-order valence-electron chi connectivity index (χ3n) is 4.66. The Hall–Kier alpha value is -3.79. The number of anilines is 2. The summed E-state index contributed by atoms with van der Waals surface area (Å²) in [5.74, 6) is 1.05. The molecular weight excluding hydrogens is 366 g/mol. The monoisotopic (exact) mass is 385 g/mol. The van der Waals surface area contributed by atoms with Crippen LogP contribution in [-0.2, 0) is 13.0 Å². The molecule has 0 radical (unpaired) electrons. The number of hydrogen-bond acceptors (Lipinski definition) is 7. The summed E-state index contributed by atoms with van der Waals surface area (Å²) in [6, 6.07) is 11.1. The van der Waals surface area contributed by atoms with Crippen LogP contribution in [0.5, 0.6) is 5.75 Å². The molecule has 0 spiro atoms. The van der Waals surface area contributed by atoms with Gasteiger partial charge in [0.05, 0.1) is 22.9 Å². The van der Waals surface area contributed by atoms with Crippen LogP contribution in [-0.4, -0.2) is 20.7 Å². The van der Waals surface area contributed by atoms with Crippen molar-refractivity contribution in [2.75, 3.05) is 5.32 Å². The summed E-state index contributed by atoms with van der Waals surface area (Å²) in [5.41, 5.74) is 3.42. The third kappa shape index (κ3) is 4.55. The molecule has 7 nitrogen and oxygen atoms in total. The first kappa shape index (κ1) is 18.6. The lowest BCUT2D eigenvalue weighted by Gasteiger charge is -2.11. The summed E-state index contributed by atoms with van der Waals surface area (Å²) in [6.07, 6.45) is 8.15. The maximum Gasteiger partial charge on any atom is 0.227 e. The average Bonchev–Trinajstić information content (AvgIpc) is 2.94. The van der Waals surface area contributed by atoms with Crippen LogP contribution in [0.15, 0.2) is 48.9 Å². The lowest BCUT2D eigenvalue weighted by atomic mass is 10.1. The summed E-state index contributed by atoms with van der Waals surface area (Å²) >= 11 is 0. The van der Waals surface area contributed by atoms with Crippen molar-refractivity contribution in [2.45, 2.75) is 32.3 Å². The Kier molecular flexibility index (Phi) is 5.43. The molecule has 1 aromatic carbocycles. The van der Waals surface area contributed by atoms with Crippen LogP contribution in [0.1, 0.15) is 46.4 Å². The number of ketones is 1. The summed E-state index contributed by atoms with van der Waals surface area (Å²) in [6.45, 7) is 0.347. The van der Waals surface area contributed by atoms with Crippen LogP contribution in [0, 0.1) is 11.3 Å². The average molecular weight is 385 g/mol. The van der Waals surface area contributed by atoms with E-state index in [9.17, 15) is 10.1 Å². The van der Waals surface area contributed by atoms with Crippen LogP contribution in [0.3, 0.4) is 0 Å². The fraction of sp³-hybridized carbons (Fsp3) is 0.227. The fourth-order valence-corrected chi connectivity index (χ4v) is 3.21. The molecule has 0 aliphatic heterocycles. The molecule has 29 heavy (non-hydrogen) atoms. The van der Waals surface area contributed by atoms with E-state index >= 15 is 0 Å². The molecule has 1 aliphatic carbocycles. The van der Waals surface area contributed by atoms with Crippen LogP contribution in [0.4, 0.5) is 11.6 Å². The fourth-order valence-electron chi connectivity index (χ4n) is 3.21. The Labute approximate surface area is 168 Å². The Bertz CT molecular complexity index is 1080. The number of Topliss-reactive ketones (excluding diaryl/α,β-unsaturated/α-hetero) is 1. The number of carbonyl (C=O) groups excluding carboxylic acids is 1. The molecule has 3 aromatic rings. The van der Waals surface area contributed by atoms with Crippen molar-refractivity contribution >= 4 is 17.4 Å². The first-order valence-corrected chi connectivity index (χ1v) is 9.44. The van der Waals surface area contributed by atoms with Gasteiger partial charge in [-0.1, -0.05) is 6.07 Å². The predicted molar refractivity (Wildman–Crippen MR) is 107 cm³/mol. The largest absolute Gasteiger partial charge is 0.489 e. The van der Waals surface area contributed by atoms with Crippen LogP contribution in [0.2, 0.25) is 0 Å². The second-order valence-corrected chi connectivity index (χ2v) is 6.82. The van der Waals surface area contributed by atoms with Gasteiger partial charge in [0.15, 0.2) is 5.78 Å². The highest BCUT2D eigenvalue weighted by Crippen LogP contribution is 2.25. The molecule has 4 rings (SSSR count). The molecule has 144 valence electrons. The zero-order chi connectivity index (χ0) is 20.1. The lowest BCUT2D eigenvalue weighted by Crippen LogP contribution is -2.07. The third-order valence-corrected chi connectivity index (χ3v) is 4.66. The zero-order valence-corrected chi connectivity index (χ0v) is 15.8. The second-order valence-electron chi connectivity index (χ2n) is 6.82. The minimum atomic E-state index is 0.0987. The van der Waals surface area contributed by atoms with E-state index in [1.54, 1.807) is 36.8 Å². The quantitative estimate of drug-likeness (QED) is 0.663. The number of nitrogens with zero attached hydrogens (tertiary/aromatic N) is 4. The lowest BCUT2D eigenvalue weighted by molar-refractivity contribution is 0.0981. The maximum absolute atomic E-state index is 12.1. The van der Waals surface area contributed by atoms with Gasteiger partial charge in [-0.05, 0) is 37.5 Å². The van der Waals surface area contributed by atoms with E-state index in [1.165, 1.54) is 0 Å². The van der Waals surface area contributed by atoms with E-state index in [-0.39, 0.29) is 5.78 Å². The van der Waals surface area contributed by atoms with Gasteiger partial charge in [-0.3, -0.25) is 9.78 Å². The van der Waals surface area contributed by atoms with Crippen molar-refractivity contribution in [1.29, 1.82) is 5.26 Å². The highest BCUT2D eigenvalue weighted by molar-refractivity contribution is 5.97. The first-order chi connectivity index (χ1) is 14.2. The van der Waals surface area contributed by atoms with Crippen LogP contribution in [0.25, 0.3) is 0 Å². The summed E-state index contributed by atoms with van der Waals surface area (Å²) in [7, 11) is 0. The number of carbonyl (C=O) groups is 1. The zero-order valence-electron chi connectivity index (χ0n) is 15.8. The van der Waals surface area contributed by atoms with Gasteiger partial charge >= 0.3 is 0 Å². The summed E-state index contributed by atoms with van der Waals surface area (Å²) in [5, 5.41) is 12.5. The predicted octanol–water partition coefficient (Wildman–Crippen LogP) is 3.97. The molecule has 0 fully saturated rings. The number of pyridine rings is 1. The van der Waals surface area contributed by atoms with Crippen LogP contribution >= 0.6 is 0 Å². The van der Waals surface area contributed by atoms with E-state index < -0.39 is 0 Å². The number of benzene rings is 1. The topological polar surface area (TPSA) is 101 Å². The van der Waals surface area contributed by atoms with E-state index in [4.69, 9.17) is 4.74 Å². The molecule has 0 saturated heterocycles. The van der Waals surface area contributed by atoms with Crippen molar-refractivity contribution in [2.24, 2.45) is 0 Å². The number of nitriles is 1. The van der Waals surface area contributed by atoms with Gasteiger partial charge in [0.2, 0.25) is 5.95 Å². The molecule has 2 heterocycles. The number of nitrogens with one attached hydrogen (secondary N) is 1. The van der Waals surface area contributed by atoms with Gasteiger partial charge in [0, 0.05) is 42.3 Å². The first-order valence-electron chi connectivity index (χ1n) is 9.44. The van der Waals surface area contributed by atoms with Crippen molar-refractivity contribution in [3.8, 4) is 11.8 Å². The maximum atomic E-state index is 12.1. The Balaban J connectivity index is 1.54. The van der Waals surface area contributed by atoms with Gasteiger partial charge in [-0.2, -0.15) is 5.26 Å². The van der Waals surface area contributed by atoms with Gasteiger partial charge in [-0.15, -0.1) is 0 Å². The Morgan fingerprint density at radius 2 is 2.07 bits per heavy atom. The molecule has 0 saturated carbocycles. The minimum Gasteiger partial charge on any atom is -0.489 e. The van der Waals surface area contributed by atoms with E-state index in [2.05, 4.69) is 26.3 Å². The molecule has 0 bridgehead atoms. The van der Waals surface area contributed by atoms with Crippen molar-refractivity contribution < 1.29 is 9.53 Å². The standard InChI is InChI=1S/C22H19N5O2/c23-11-16-8-17(10-18(9-16)29-14-15-4-3-7-24-12-15)26-22-25-13-19-20(27-22)5-1-2-6-21(19)28/h3-4,7-10,12-13H,1-2,5-6,14H2,(H,25,26,27). The number of aromatic nitrogens is 3. The molecule has 0 unspecified atom stereocenters. The number of fused-ring (bicyclic) bond motifs is 1. The molecule has 0 atom stereocenters.